The van der Waals surface area contributed by atoms with Gasteiger partial charge in [0.25, 0.3) is 0 Å². The number of hydrogen-bond donors (Lipinski definition) is 1. The van der Waals surface area contributed by atoms with E-state index in [2.05, 4.69) is 15.1 Å². The van der Waals surface area contributed by atoms with Crippen LogP contribution in [0.5, 0.6) is 0 Å². The Kier molecular flexibility index (Phi) is 6.17. The summed E-state index contributed by atoms with van der Waals surface area (Å²) in [5.74, 6) is -0.707. The van der Waals surface area contributed by atoms with Crippen LogP contribution in [0, 0.1) is 11.6 Å². The predicted molar refractivity (Wildman–Crippen MR) is 99.3 cm³/mol. The highest BCUT2D eigenvalue weighted by molar-refractivity contribution is 5.90. The first-order chi connectivity index (χ1) is 12.6. The van der Waals surface area contributed by atoms with Gasteiger partial charge >= 0.3 is 0 Å². The molecule has 138 valence electrons. The maximum Gasteiger partial charge on any atom is 0.225 e. The molecule has 0 bridgehead atoms. The van der Waals surface area contributed by atoms with Gasteiger partial charge in [-0.25, -0.2) is 8.78 Å². The third-order valence-electron chi connectivity index (χ3n) is 4.54. The summed E-state index contributed by atoms with van der Waals surface area (Å²) in [6, 6.07) is 12.5. The second-order valence-electron chi connectivity index (χ2n) is 6.47. The quantitative estimate of drug-likeness (QED) is 0.887. The molecule has 0 atom stereocenters. The first-order valence-electron chi connectivity index (χ1n) is 8.88. The molecule has 1 amide bonds. The van der Waals surface area contributed by atoms with E-state index in [1.807, 2.05) is 0 Å². The zero-order valence-electron chi connectivity index (χ0n) is 14.6. The summed E-state index contributed by atoms with van der Waals surface area (Å²) in [6.45, 7) is 4.20. The van der Waals surface area contributed by atoms with E-state index >= 15 is 0 Å². The Balaban J connectivity index is 1.45. The van der Waals surface area contributed by atoms with E-state index in [9.17, 15) is 13.6 Å². The highest BCUT2D eigenvalue weighted by atomic mass is 19.1. The molecule has 0 radical (unpaired) electrons. The van der Waals surface area contributed by atoms with Crippen molar-refractivity contribution in [1.29, 1.82) is 0 Å². The summed E-state index contributed by atoms with van der Waals surface area (Å²) in [7, 11) is 0. The largest absolute Gasteiger partial charge is 0.370 e. The van der Waals surface area contributed by atoms with Gasteiger partial charge in [0.2, 0.25) is 5.91 Å². The molecule has 3 rings (SSSR count). The van der Waals surface area contributed by atoms with E-state index < -0.39 is 0 Å². The van der Waals surface area contributed by atoms with Gasteiger partial charge < -0.3 is 15.1 Å². The lowest BCUT2D eigenvalue weighted by Gasteiger charge is -2.23. The third kappa shape index (κ3) is 5.26. The van der Waals surface area contributed by atoms with Gasteiger partial charge in [-0.05, 0) is 55.4 Å². The van der Waals surface area contributed by atoms with E-state index in [0.717, 1.165) is 38.3 Å². The smallest absolute Gasteiger partial charge is 0.225 e. The number of rotatable bonds is 5. The van der Waals surface area contributed by atoms with Gasteiger partial charge in [-0.15, -0.1) is 0 Å². The first-order valence-corrected chi connectivity index (χ1v) is 8.88. The normalized spacial score (nSPS) is 15.5. The Morgan fingerprint density at radius 1 is 0.962 bits per heavy atom. The number of amides is 1. The molecular formula is C20H23F2N3O. The molecule has 0 aromatic heterocycles. The number of anilines is 2. The molecule has 26 heavy (non-hydrogen) atoms. The molecule has 0 saturated carbocycles. The van der Waals surface area contributed by atoms with Crippen LogP contribution < -0.4 is 10.2 Å². The predicted octanol–water partition coefficient (Wildman–Crippen LogP) is 3.51. The van der Waals surface area contributed by atoms with Crippen LogP contribution in [0.1, 0.15) is 12.8 Å². The minimum absolute atomic E-state index is 0.116. The molecule has 0 spiro atoms. The lowest BCUT2D eigenvalue weighted by atomic mass is 10.2. The number of nitrogens with zero attached hydrogens (tertiary/aromatic N) is 2. The molecule has 1 fully saturated rings. The Morgan fingerprint density at radius 3 is 2.54 bits per heavy atom. The molecule has 0 aliphatic carbocycles. The zero-order chi connectivity index (χ0) is 18.4. The SMILES string of the molecule is O=C(CCN1CCCN(c2ccc(F)cc2)CC1)Nc1cccc(F)c1. The Labute approximate surface area is 152 Å². The summed E-state index contributed by atoms with van der Waals surface area (Å²) >= 11 is 0. The van der Waals surface area contributed by atoms with E-state index in [0.29, 0.717) is 18.7 Å². The van der Waals surface area contributed by atoms with Crippen molar-refractivity contribution in [3.63, 3.8) is 0 Å². The molecule has 4 nitrogen and oxygen atoms in total. The molecule has 1 heterocycles. The molecule has 2 aromatic rings. The van der Waals surface area contributed by atoms with Crippen molar-refractivity contribution >= 4 is 17.3 Å². The van der Waals surface area contributed by atoms with Crippen LogP contribution in [-0.2, 0) is 4.79 Å². The van der Waals surface area contributed by atoms with Gasteiger partial charge in [-0.2, -0.15) is 0 Å². The van der Waals surface area contributed by atoms with Crippen LogP contribution in [0.4, 0.5) is 20.2 Å². The monoisotopic (exact) mass is 359 g/mol. The molecule has 6 heteroatoms. The van der Waals surface area contributed by atoms with Gasteiger partial charge in [-0.3, -0.25) is 4.79 Å². The molecule has 2 aromatic carbocycles. The minimum Gasteiger partial charge on any atom is -0.370 e. The average molecular weight is 359 g/mol. The van der Waals surface area contributed by atoms with Gasteiger partial charge in [-0.1, -0.05) is 6.07 Å². The number of nitrogens with one attached hydrogen (secondary N) is 1. The van der Waals surface area contributed by atoms with Crippen LogP contribution in [0.3, 0.4) is 0 Å². The molecular weight excluding hydrogens is 336 g/mol. The molecule has 1 aliphatic heterocycles. The lowest BCUT2D eigenvalue weighted by molar-refractivity contribution is -0.116. The van der Waals surface area contributed by atoms with E-state index in [-0.39, 0.29) is 17.5 Å². The third-order valence-corrected chi connectivity index (χ3v) is 4.54. The van der Waals surface area contributed by atoms with Gasteiger partial charge in [0.15, 0.2) is 0 Å². The van der Waals surface area contributed by atoms with E-state index in [1.54, 1.807) is 24.3 Å². The van der Waals surface area contributed by atoms with Crippen molar-refractivity contribution in [2.24, 2.45) is 0 Å². The van der Waals surface area contributed by atoms with Crippen LogP contribution in [-0.4, -0.2) is 43.5 Å². The summed E-state index contributed by atoms with van der Waals surface area (Å²) in [5.41, 5.74) is 1.51. The summed E-state index contributed by atoms with van der Waals surface area (Å²) < 4.78 is 26.2. The van der Waals surface area contributed by atoms with Crippen molar-refractivity contribution in [3.8, 4) is 0 Å². The van der Waals surface area contributed by atoms with Crippen LogP contribution in [0.15, 0.2) is 48.5 Å². The lowest BCUT2D eigenvalue weighted by Crippen LogP contribution is -2.32. The van der Waals surface area contributed by atoms with Crippen LogP contribution in [0.2, 0.25) is 0 Å². The standard InChI is InChI=1S/C20H23F2N3O/c21-16-5-7-19(8-6-16)25-11-2-10-24(13-14-25)12-9-20(26)23-18-4-1-3-17(22)15-18/h1,3-8,15H,2,9-14H2,(H,23,26). The van der Waals surface area contributed by atoms with Crippen molar-refractivity contribution in [3.05, 3.63) is 60.2 Å². The fourth-order valence-electron chi connectivity index (χ4n) is 3.15. The molecule has 1 N–H and O–H groups in total. The summed E-state index contributed by atoms with van der Waals surface area (Å²) in [5, 5.41) is 2.73. The van der Waals surface area contributed by atoms with Crippen molar-refractivity contribution in [2.75, 3.05) is 42.9 Å². The van der Waals surface area contributed by atoms with Crippen molar-refractivity contribution in [1.82, 2.24) is 4.90 Å². The average Bonchev–Trinajstić information content (AvgIpc) is 2.86. The Hall–Kier alpha value is -2.47. The summed E-state index contributed by atoms with van der Waals surface area (Å²) in [4.78, 5) is 16.6. The fourth-order valence-corrected chi connectivity index (χ4v) is 3.15. The Bertz CT molecular complexity index is 736. The number of halogens is 2. The highest BCUT2D eigenvalue weighted by Crippen LogP contribution is 2.17. The number of hydrogen-bond acceptors (Lipinski definition) is 3. The van der Waals surface area contributed by atoms with E-state index in [1.165, 1.54) is 24.3 Å². The van der Waals surface area contributed by atoms with Gasteiger partial charge in [0.05, 0.1) is 0 Å². The van der Waals surface area contributed by atoms with Crippen LogP contribution in [0.25, 0.3) is 0 Å². The molecule has 1 saturated heterocycles. The fraction of sp³-hybridized carbons (Fsp3) is 0.350. The van der Waals surface area contributed by atoms with Gasteiger partial charge in [0.1, 0.15) is 11.6 Å². The number of carbonyl (C=O) groups excluding carboxylic acids is 1. The summed E-state index contributed by atoms with van der Waals surface area (Å²) in [6.07, 6.45) is 1.36. The minimum atomic E-state index is -0.365. The molecule has 0 unspecified atom stereocenters. The maximum atomic E-state index is 13.2. The van der Waals surface area contributed by atoms with Crippen molar-refractivity contribution in [2.45, 2.75) is 12.8 Å². The Morgan fingerprint density at radius 2 is 1.77 bits per heavy atom. The topological polar surface area (TPSA) is 35.6 Å². The highest BCUT2D eigenvalue weighted by Gasteiger charge is 2.16. The molecule has 1 aliphatic rings. The first kappa shape index (κ1) is 18.3. The maximum absolute atomic E-state index is 13.2. The van der Waals surface area contributed by atoms with Crippen LogP contribution >= 0.6 is 0 Å². The van der Waals surface area contributed by atoms with Gasteiger partial charge in [0, 0.05) is 44.0 Å². The zero-order valence-corrected chi connectivity index (χ0v) is 14.6. The second-order valence-corrected chi connectivity index (χ2v) is 6.47. The number of carbonyl (C=O) groups is 1. The van der Waals surface area contributed by atoms with E-state index in [4.69, 9.17) is 0 Å². The number of benzene rings is 2. The van der Waals surface area contributed by atoms with Crippen molar-refractivity contribution < 1.29 is 13.6 Å². The second kappa shape index (κ2) is 8.76.